The number of benzene rings is 1. The third-order valence-electron chi connectivity index (χ3n) is 4.19. The molecule has 9 heteroatoms. The van der Waals surface area contributed by atoms with E-state index in [2.05, 4.69) is 31.4 Å². The average Bonchev–Trinajstić information content (AvgIpc) is 3.27. The van der Waals surface area contributed by atoms with Gasteiger partial charge in [0, 0.05) is 13.0 Å². The first-order chi connectivity index (χ1) is 13.0. The number of carbonyl (C=O) groups is 2. The summed E-state index contributed by atoms with van der Waals surface area (Å²) in [6.07, 6.45) is 2.25. The molecule has 1 saturated carbocycles. The van der Waals surface area contributed by atoms with Gasteiger partial charge in [-0.1, -0.05) is 23.5 Å². The van der Waals surface area contributed by atoms with Crippen molar-refractivity contribution in [3.8, 4) is 0 Å². The molecule has 27 heavy (non-hydrogen) atoms. The van der Waals surface area contributed by atoms with E-state index in [1.54, 1.807) is 43.4 Å². The van der Waals surface area contributed by atoms with Crippen molar-refractivity contribution in [2.75, 3.05) is 17.3 Å². The van der Waals surface area contributed by atoms with Crippen LogP contribution in [0.5, 0.6) is 0 Å². The van der Waals surface area contributed by atoms with Crippen LogP contribution in [-0.2, 0) is 0 Å². The van der Waals surface area contributed by atoms with Gasteiger partial charge in [-0.05, 0) is 53.0 Å². The molecule has 1 N–H and O–H groups in total. The van der Waals surface area contributed by atoms with Crippen molar-refractivity contribution in [1.29, 1.82) is 0 Å². The number of nitrogens with zero attached hydrogens (tertiary/aromatic N) is 3. The van der Waals surface area contributed by atoms with Crippen LogP contribution in [0.1, 0.15) is 44.7 Å². The highest BCUT2D eigenvalue weighted by Crippen LogP contribution is 2.42. The fourth-order valence-electron chi connectivity index (χ4n) is 2.61. The van der Waals surface area contributed by atoms with Gasteiger partial charge in [0.05, 0.1) is 11.3 Å². The Bertz CT molecular complexity index is 1010. The summed E-state index contributed by atoms with van der Waals surface area (Å²) >= 11 is 4.58. The van der Waals surface area contributed by atoms with Crippen molar-refractivity contribution in [2.45, 2.75) is 18.8 Å². The Hall–Kier alpha value is -2.52. The number of carbonyl (C=O) groups excluding carboxylic acids is 2. The molecule has 2 aromatic heterocycles. The Morgan fingerprint density at radius 2 is 2.00 bits per heavy atom. The lowest BCUT2D eigenvalue weighted by Gasteiger charge is -2.19. The summed E-state index contributed by atoms with van der Waals surface area (Å²) in [6.45, 7) is 0. The molecule has 1 aromatic carbocycles. The maximum atomic E-state index is 12.8. The molecule has 3 aromatic rings. The molecule has 1 aliphatic carbocycles. The molecule has 4 rings (SSSR count). The SMILES string of the molecule is CN(C(=O)c1ccc(Br)o1)c1ccccc1C(=O)Nc1nnc(C2CC2)s1. The number of amides is 2. The largest absolute Gasteiger partial charge is 0.444 e. The highest BCUT2D eigenvalue weighted by atomic mass is 79.9. The molecule has 0 bridgehead atoms. The summed E-state index contributed by atoms with van der Waals surface area (Å²) in [6, 6.07) is 10.1. The molecule has 0 unspecified atom stereocenters. The van der Waals surface area contributed by atoms with Crippen LogP contribution >= 0.6 is 27.3 Å². The van der Waals surface area contributed by atoms with Crippen molar-refractivity contribution < 1.29 is 14.0 Å². The predicted molar refractivity (Wildman–Crippen MR) is 105 cm³/mol. The van der Waals surface area contributed by atoms with Crippen LogP contribution in [0.25, 0.3) is 0 Å². The van der Waals surface area contributed by atoms with E-state index < -0.39 is 0 Å². The maximum Gasteiger partial charge on any atom is 0.293 e. The quantitative estimate of drug-likeness (QED) is 0.630. The topological polar surface area (TPSA) is 88.3 Å². The lowest BCUT2D eigenvalue weighted by molar-refractivity contribution is 0.0965. The summed E-state index contributed by atoms with van der Waals surface area (Å²) < 4.78 is 5.79. The number of nitrogens with one attached hydrogen (secondary N) is 1. The Balaban J connectivity index is 1.55. The molecule has 0 saturated heterocycles. The van der Waals surface area contributed by atoms with Crippen LogP contribution in [-0.4, -0.2) is 29.1 Å². The first kappa shape index (κ1) is 17.9. The van der Waals surface area contributed by atoms with Gasteiger partial charge in [0.25, 0.3) is 11.8 Å². The molecule has 0 atom stereocenters. The van der Waals surface area contributed by atoms with E-state index in [1.165, 1.54) is 16.2 Å². The minimum atomic E-state index is -0.354. The number of anilines is 2. The van der Waals surface area contributed by atoms with Crippen molar-refractivity contribution in [3.05, 3.63) is 57.4 Å². The fourth-order valence-corrected chi connectivity index (χ4v) is 3.82. The van der Waals surface area contributed by atoms with Crippen molar-refractivity contribution in [1.82, 2.24) is 10.2 Å². The molecule has 0 aliphatic heterocycles. The van der Waals surface area contributed by atoms with Crippen molar-refractivity contribution in [2.24, 2.45) is 0 Å². The summed E-state index contributed by atoms with van der Waals surface area (Å²) in [5, 5.41) is 12.4. The first-order valence-electron chi connectivity index (χ1n) is 8.30. The van der Waals surface area contributed by atoms with E-state index in [1.807, 2.05) is 0 Å². The maximum absolute atomic E-state index is 12.8. The van der Waals surface area contributed by atoms with E-state index in [-0.39, 0.29) is 17.6 Å². The van der Waals surface area contributed by atoms with Gasteiger partial charge in [0.1, 0.15) is 5.01 Å². The predicted octanol–water partition coefficient (Wildman–Crippen LogP) is 4.30. The highest BCUT2D eigenvalue weighted by molar-refractivity contribution is 9.10. The summed E-state index contributed by atoms with van der Waals surface area (Å²) in [5.74, 6) is -0.0353. The second-order valence-electron chi connectivity index (χ2n) is 6.16. The van der Waals surface area contributed by atoms with Gasteiger partial charge in [-0.15, -0.1) is 10.2 Å². The van der Waals surface area contributed by atoms with E-state index in [0.717, 1.165) is 17.8 Å². The lowest BCUT2D eigenvalue weighted by atomic mass is 10.1. The Labute approximate surface area is 167 Å². The van der Waals surface area contributed by atoms with E-state index in [9.17, 15) is 9.59 Å². The minimum absolute atomic E-state index is 0.179. The molecule has 1 aliphatic rings. The molecule has 2 amide bonds. The Kier molecular flexibility index (Phi) is 4.79. The average molecular weight is 447 g/mol. The lowest BCUT2D eigenvalue weighted by Crippen LogP contribution is -2.28. The van der Waals surface area contributed by atoms with Gasteiger partial charge < -0.3 is 9.32 Å². The van der Waals surface area contributed by atoms with Gasteiger partial charge in [0.2, 0.25) is 5.13 Å². The molecule has 0 spiro atoms. The number of rotatable bonds is 5. The third kappa shape index (κ3) is 3.79. The van der Waals surface area contributed by atoms with Crippen LogP contribution < -0.4 is 10.2 Å². The number of halogens is 1. The molecule has 1 fully saturated rings. The Morgan fingerprint density at radius 3 is 2.70 bits per heavy atom. The smallest absolute Gasteiger partial charge is 0.293 e. The minimum Gasteiger partial charge on any atom is -0.444 e. The number of hydrogen-bond donors (Lipinski definition) is 1. The van der Waals surface area contributed by atoms with Crippen LogP contribution in [0.15, 0.2) is 45.5 Å². The van der Waals surface area contributed by atoms with Crippen LogP contribution in [0.4, 0.5) is 10.8 Å². The van der Waals surface area contributed by atoms with Gasteiger partial charge >= 0.3 is 0 Å². The fraction of sp³-hybridized carbons (Fsp3) is 0.222. The molecule has 0 radical (unpaired) electrons. The van der Waals surface area contributed by atoms with Gasteiger partial charge in [-0.3, -0.25) is 14.9 Å². The Morgan fingerprint density at radius 1 is 1.22 bits per heavy atom. The molecular weight excluding hydrogens is 432 g/mol. The highest BCUT2D eigenvalue weighted by Gasteiger charge is 2.28. The van der Waals surface area contributed by atoms with Gasteiger partial charge in [0.15, 0.2) is 10.4 Å². The standard InChI is InChI=1S/C18H15BrN4O3S/c1-23(17(25)13-8-9-14(19)26-13)12-5-3-2-4-11(12)15(24)20-18-22-21-16(27-18)10-6-7-10/h2-5,8-10H,6-7H2,1H3,(H,20,22,24). The molecular formula is C18H15BrN4O3S. The zero-order valence-electron chi connectivity index (χ0n) is 14.3. The number of furan rings is 1. The van der Waals surface area contributed by atoms with Crippen LogP contribution in [0.2, 0.25) is 0 Å². The number of para-hydroxylation sites is 1. The molecule has 2 heterocycles. The summed E-state index contributed by atoms with van der Waals surface area (Å²) in [4.78, 5) is 26.8. The van der Waals surface area contributed by atoms with Crippen molar-refractivity contribution in [3.63, 3.8) is 0 Å². The first-order valence-corrected chi connectivity index (χ1v) is 9.91. The van der Waals surface area contributed by atoms with Gasteiger partial charge in [-0.25, -0.2) is 0 Å². The summed E-state index contributed by atoms with van der Waals surface area (Å²) in [7, 11) is 1.60. The van der Waals surface area contributed by atoms with E-state index in [4.69, 9.17) is 4.42 Å². The normalized spacial score (nSPS) is 13.4. The van der Waals surface area contributed by atoms with E-state index in [0.29, 0.717) is 27.0 Å². The molecule has 138 valence electrons. The van der Waals surface area contributed by atoms with Gasteiger partial charge in [-0.2, -0.15) is 0 Å². The van der Waals surface area contributed by atoms with E-state index >= 15 is 0 Å². The monoisotopic (exact) mass is 446 g/mol. The zero-order chi connectivity index (χ0) is 19.0. The van der Waals surface area contributed by atoms with Crippen molar-refractivity contribution >= 4 is 49.9 Å². The number of hydrogen-bond acceptors (Lipinski definition) is 6. The second kappa shape index (κ2) is 7.24. The third-order valence-corrected chi connectivity index (χ3v) is 5.61. The van der Waals surface area contributed by atoms with Crippen LogP contribution in [0.3, 0.4) is 0 Å². The summed E-state index contributed by atoms with van der Waals surface area (Å²) in [5.41, 5.74) is 0.835. The van der Waals surface area contributed by atoms with Crippen LogP contribution in [0, 0.1) is 0 Å². The molecule has 7 nitrogen and oxygen atoms in total. The second-order valence-corrected chi connectivity index (χ2v) is 7.95. The zero-order valence-corrected chi connectivity index (χ0v) is 16.7. The number of aromatic nitrogens is 2.